The molecule has 0 spiro atoms. The molecule has 0 bridgehead atoms. The lowest BCUT2D eigenvalue weighted by Crippen LogP contribution is -2.27. The minimum atomic E-state index is -0.221. The molecular weight excluding hydrogens is 286 g/mol. The van der Waals surface area contributed by atoms with Gasteiger partial charge in [-0.05, 0) is 43.0 Å². The van der Waals surface area contributed by atoms with Crippen molar-refractivity contribution in [1.82, 2.24) is 5.32 Å². The van der Waals surface area contributed by atoms with Gasteiger partial charge in [-0.2, -0.15) is 0 Å². The zero-order valence-corrected chi connectivity index (χ0v) is 13.3. The molecule has 1 aromatic carbocycles. The van der Waals surface area contributed by atoms with E-state index in [0.717, 1.165) is 22.0 Å². The van der Waals surface area contributed by atoms with Crippen LogP contribution in [0.25, 0.3) is 0 Å². The van der Waals surface area contributed by atoms with Gasteiger partial charge in [-0.1, -0.05) is 6.07 Å². The van der Waals surface area contributed by atoms with Gasteiger partial charge in [-0.3, -0.25) is 5.32 Å². The summed E-state index contributed by atoms with van der Waals surface area (Å²) in [5, 5.41) is 12.9. The van der Waals surface area contributed by atoms with Gasteiger partial charge < -0.3 is 14.3 Å². The molecule has 4 nitrogen and oxygen atoms in total. The number of aliphatic hydroxyl groups is 1. The molecule has 21 heavy (non-hydrogen) atoms. The maximum Gasteiger partial charge on any atom is 0.132 e. The second-order valence-electron chi connectivity index (χ2n) is 4.75. The number of aliphatic hydroxyl groups excluding tert-OH is 1. The van der Waals surface area contributed by atoms with Crippen molar-refractivity contribution in [2.45, 2.75) is 23.9 Å². The molecule has 2 atom stereocenters. The van der Waals surface area contributed by atoms with E-state index in [-0.39, 0.29) is 18.7 Å². The lowest BCUT2D eigenvalue weighted by Gasteiger charge is -2.21. The highest BCUT2D eigenvalue weighted by Gasteiger charge is 2.17. The second-order valence-corrected chi connectivity index (χ2v) is 5.60. The first-order valence-electron chi connectivity index (χ1n) is 6.81. The van der Waals surface area contributed by atoms with Crippen molar-refractivity contribution in [3.8, 4) is 5.75 Å². The zero-order valence-electron chi connectivity index (χ0n) is 12.5. The molecule has 0 fully saturated rings. The van der Waals surface area contributed by atoms with Gasteiger partial charge in [0.25, 0.3) is 0 Å². The smallest absolute Gasteiger partial charge is 0.132 e. The molecule has 0 aliphatic carbocycles. The molecule has 114 valence electrons. The summed E-state index contributed by atoms with van der Waals surface area (Å²) in [4.78, 5) is 1.11. The molecule has 2 rings (SSSR count). The topological polar surface area (TPSA) is 54.6 Å². The van der Waals surface area contributed by atoms with Crippen LogP contribution in [-0.2, 0) is 0 Å². The van der Waals surface area contributed by atoms with E-state index in [1.807, 2.05) is 24.5 Å². The van der Waals surface area contributed by atoms with Crippen LogP contribution in [0.2, 0.25) is 0 Å². The molecule has 2 unspecified atom stereocenters. The number of ether oxygens (including phenoxy) is 1. The van der Waals surface area contributed by atoms with Gasteiger partial charge in [0, 0.05) is 10.9 Å². The van der Waals surface area contributed by atoms with Gasteiger partial charge in [-0.25, -0.2) is 0 Å². The van der Waals surface area contributed by atoms with Gasteiger partial charge in [-0.15, -0.1) is 11.8 Å². The first-order chi connectivity index (χ1) is 10.2. The summed E-state index contributed by atoms with van der Waals surface area (Å²) >= 11 is 1.66. The average molecular weight is 307 g/mol. The largest absolute Gasteiger partial charge is 0.496 e. The van der Waals surface area contributed by atoms with E-state index in [1.54, 1.807) is 25.1 Å². The van der Waals surface area contributed by atoms with Crippen molar-refractivity contribution in [2.75, 3.05) is 20.0 Å². The molecular formula is C16H21NO3S. The number of rotatable bonds is 7. The van der Waals surface area contributed by atoms with Crippen LogP contribution in [0.3, 0.4) is 0 Å². The summed E-state index contributed by atoms with van der Waals surface area (Å²) in [5.74, 6) is 1.60. The van der Waals surface area contributed by atoms with Crippen LogP contribution in [0.1, 0.15) is 30.3 Å². The van der Waals surface area contributed by atoms with Gasteiger partial charge in [0.05, 0.1) is 26.0 Å². The summed E-state index contributed by atoms with van der Waals surface area (Å²) in [6, 6.07) is 9.68. The Labute approximate surface area is 129 Å². The van der Waals surface area contributed by atoms with Crippen molar-refractivity contribution < 1.29 is 14.3 Å². The van der Waals surface area contributed by atoms with Crippen LogP contribution in [0, 0.1) is 0 Å². The SMILES string of the molecule is COc1cc(C(C)NC(CO)c2ccco2)ccc1SC. The minimum Gasteiger partial charge on any atom is -0.496 e. The quantitative estimate of drug-likeness (QED) is 0.768. The molecule has 0 saturated carbocycles. The minimum absolute atomic E-state index is 0.0160. The number of methoxy groups -OCH3 is 1. The Hall–Kier alpha value is -1.43. The Balaban J connectivity index is 2.14. The number of hydrogen-bond acceptors (Lipinski definition) is 5. The molecule has 2 aromatic rings. The predicted octanol–water partition coefficient (Wildman–Crippen LogP) is 3.39. The molecule has 0 radical (unpaired) electrons. The van der Waals surface area contributed by atoms with Crippen molar-refractivity contribution in [3.05, 3.63) is 47.9 Å². The van der Waals surface area contributed by atoms with Crippen LogP contribution >= 0.6 is 11.8 Å². The third-order valence-electron chi connectivity index (χ3n) is 3.43. The Morgan fingerprint density at radius 1 is 1.38 bits per heavy atom. The lowest BCUT2D eigenvalue weighted by atomic mass is 10.1. The van der Waals surface area contributed by atoms with E-state index in [2.05, 4.69) is 24.4 Å². The maximum atomic E-state index is 9.53. The fraction of sp³-hybridized carbons (Fsp3) is 0.375. The second kappa shape index (κ2) is 7.54. The highest BCUT2D eigenvalue weighted by molar-refractivity contribution is 7.98. The summed E-state index contributed by atoms with van der Waals surface area (Å²) < 4.78 is 10.8. The molecule has 1 aromatic heterocycles. The zero-order chi connectivity index (χ0) is 15.2. The van der Waals surface area contributed by atoms with Crippen LogP contribution in [-0.4, -0.2) is 25.1 Å². The summed E-state index contributed by atoms with van der Waals surface area (Å²) in [6.07, 6.45) is 3.64. The maximum absolute atomic E-state index is 9.53. The van der Waals surface area contributed by atoms with Crippen LogP contribution in [0.5, 0.6) is 5.75 Å². The highest BCUT2D eigenvalue weighted by Crippen LogP contribution is 2.31. The predicted molar refractivity (Wildman–Crippen MR) is 84.9 cm³/mol. The Morgan fingerprint density at radius 2 is 2.19 bits per heavy atom. The summed E-state index contributed by atoms with van der Waals surface area (Å²) in [6.45, 7) is 2.04. The van der Waals surface area contributed by atoms with Crippen LogP contribution in [0.4, 0.5) is 0 Å². The highest BCUT2D eigenvalue weighted by atomic mass is 32.2. The number of nitrogens with one attached hydrogen (secondary N) is 1. The van der Waals surface area contributed by atoms with Gasteiger partial charge in [0.15, 0.2) is 0 Å². The number of thioether (sulfide) groups is 1. The van der Waals surface area contributed by atoms with E-state index < -0.39 is 0 Å². The fourth-order valence-corrected chi connectivity index (χ4v) is 2.78. The van der Waals surface area contributed by atoms with Crippen molar-refractivity contribution in [1.29, 1.82) is 0 Å². The molecule has 0 amide bonds. The Bertz CT molecular complexity index is 557. The van der Waals surface area contributed by atoms with E-state index in [0.29, 0.717) is 0 Å². The van der Waals surface area contributed by atoms with E-state index >= 15 is 0 Å². The third-order valence-corrected chi connectivity index (χ3v) is 4.21. The lowest BCUT2D eigenvalue weighted by molar-refractivity contribution is 0.217. The number of hydrogen-bond donors (Lipinski definition) is 2. The standard InChI is InChI=1S/C16H21NO3S/c1-11(17-13(10-18)14-5-4-8-20-14)12-6-7-16(21-3)15(9-12)19-2/h4-9,11,13,17-18H,10H2,1-3H3. The normalized spacial score (nSPS) is 13.9. The van der Waals surface area contributed by atoms with E-state index in [1.165, 1.54) is 0 Å². The first kappa shape index (κ1) is 15.9. The number of furan rings is 1. The average Bonchev–Trinajstić information content (AvgIpc) is 3.05. The van der Waals surface area contributed by atoms with Crippen molar-refractivity contribution >= 4 is 11.8 Å². The van der Waals surface area contributed by atoms with Gasteiger partial charge in [0.2, 0.25) is 0 Å². The summed E-state index contributed by atoms with van der Waals surface area (Å²) in [7, 11) is 1.68. The molecule has 0 saturated heterocycles. The molecule has 1 heterocycles. The van der Waals surface area contributed by atoms with Gasteiger partial charge >= 0.3 is 0 Å². The number of benzene rings is 1. The van der Waals surface area contributed by atoms with Gasteiger partial charge in [0.1, 0.15) is 11.5 Å². The molecule has 0 aliphatic rings. The monoisotopic (exact) mass is 307 g/mol. The fourth-order valence-electron chi connectivity index (χ4n) is 2.23. The van der Waals surface area contributed by atoms with Crippen molar-refractivity contribution in [3.63, 3.8) is 0 Å². The van der Waals surface area contributed by atoms with Crippen molar-refractivity contribution in [2.24, 2.45) is 0 Å². The molecule has 5 heteroatoms. The Morgan fingerprint density at radius 3 is 2.76 bits per heavy atom. The Kier molecular flexibility index (Phi) is 5.73. The van der Waals surface area contributed by atoms with E-state index in [4.69, 9.17) is 9.15 Å². The molecule has 2 N–H and O–H groups in total. The summed E-state index contributed by atoms with van der Waals surface area (Å²) in [5.41, 5.74) is 1.11. The third kappa shape index (κ3) is 3.81. The first-order valence-corrected chi connectivity index (χ1v) is 8.04. The van der Waals surface area contributed by atoms with Crippen LogP contribution in [0.15, 0.2) is 45.9 Å². The van der Waals surface area contributed by atoms with Crippen LogP contribution < -0.4 is 10.1 Å². The van der Waals surface area contributed by atoms with E-state index in [9.17, 15) is 5.11 Å². The molecule has 0 aliphatic heterocycles.